The van der Waals surface area contributed by atoms with Gasteiger partial charge in [0.15, 0.2) is 0 Å². The fourth-order valence-electron chi connectivity index (χ4n) is 2.69. The highest BCUT2D eigenvalue weighted by molar-refractivity contribution is 5.97. The second kappa shape index (κ2) is 5.60. The molecular formula is C18H19NO2. The molecule has 2 aromatic carbocycles. The first kappa shape index (κ1) is 13.7. The Morgan fingerprint density at radius 2 is 1.76 bits per heavy atom. The Kier molecular flexibility index (Phi) is 3.65. The molecule has 1 amide bonds. The van der Waals surface area contributed by atoms with Gasteiger partial charge in [0.25, 0.3) is 5.91 Å². The number of amides is 1. The maximum absolute atomic E-state index is 12.3. The van der Waals surface area contributed by atoms with Crippen LogP contribution in [0.2, 0.25) is 0 Å². The van der Waals surface area contributed by atoms with E-state index >= 15 is 0 Å². The second-order valence-electron chi connectivity index (χ2n) is 5.53. The zero-order chi connectivity index (χ0) is 14.7. The quantitative estimate of drug-likeness (QED) is 0.914. The van der Waals surface area contributed by atoms with Gasteiger partial charge in [-0.05, 0) is 30.5 Å². The van der Waals surface area contributed by atoms with Crippen LogP contribution in [-0.4, -0.2) is 19.6 Å². The van der Waals surface area contributed by atoms with Crippen molar-refractivity contribution in [2.45, 2.75) is 18.3 Å². The van der Waals surface area contributed by atoms with Crippen LogP contribution >= 0.6 is 0 Å². The minimum Gasteiger partial charge on any atom is -0.496 e. The summed E-state index contributed by atoms with van der Waals surface area (Å²) >= 11 is 0. The lowest BCUT2D eigenvalue weighted by molar-refractivity contribution is 0.0946. The van der Waals surface area contributed by atoms with E-state index in [1.165, 1.54) is 5.56 Å². The molecule has 3 nitrogen and oxygen atoms in total. The van der Waals surface area contributed by atoms with Crippen LogP contribution in [-0.2, 0) is 5.41 Å². The van der Waals surface area contributed by atoms with Gasteiger partial charge in [-0.15, -0.1) is 0 Å². The van der Waals surface area contributed by atoms with Crippen LogP contribution in [0.1, 0.15) is 28.8 Å². The van der Waals surface area contributed by atoms with Gasteiger partial charge in [-0.1, -0.05) is 42.5 Å². The summed E-state index contributed by atoms with van der Waals surface area (Å²) in [5, 5.41) is 3.06. The van der Waals surface area contributed by atoms with Crippen molar-refractivity contribution < 1.29 is 9.53 Å². The normalized spacial score (nSPS) is 15.3. The first-order valence-corrected chi connectivity index (χ1v) is 7.22. The zero-order valence-electron chi connectivity index (χ0n) is 12.1. The van der Waals surface area contributed by atoms with Crippen molar-refractivity contribution in [1.29, 1.82) is 0 Å². The molecule has 3 rings (SSSR count). The summed E-state index contributed by atoms with van der Waals surface area (Å²) in [4.78, 5) is 12.3. The smallest absolute Gasteiger partial charge is 0.255 e. The second-order valence-corrected chi connectivity index (χ2v) is 5.53. The number of ether oxygens (including phenoxy) is 1. The van der Waals surface area contributed by atoms with Gasteiger partial charge in [0, 0.05) is 12.0 Å². The van der Waals surface area contributed by atoms with Gasteiger partial charge in [-0.2, -0.15) is 0 Å². The predicted molar refractivity (Wildman–Crippen MR) is 82.7 cm³/mol. The van der Waals surface area contributed by atoms with Gasteiger partial charge in [0.05, 0.1) is 12.7 Å². The van der Waals surface area contributed by atoms with Crippen molar-refractivity contribution in [2.75, 3.05) is 13.7 Å². The molecule has 0 aromatic heterocycles. The molecule has 0 aliphatic heterocycles. The molecular weight excluding hydrogens is 262 g/mol. The first-order chi connectivity index (χ1) is 10.2. The first-order valence-electron chi connectivity index (χ1n) is 7.22. The third-order valence-electron chi connectivity index (χ3n) is 4.18. The highest BCUT2D eigenvalue weighted by Gasteiger charge is 2.44. The largest absolute Gasteiger partial charge is 0.496 e. The Labute approximate surface area is 124 Å². The third-order valence-corrected chi connectivity index (χ3v) is 4.18. The Balaban J connectivity index is 1.69. The SMILES string of the molecule is COc1ccccc1C(=O)NCC1(c2ccccc2)CC1. The lowest BCUT2D eigenvalue weighted by atomic mass is 9.96. The van der Waals surface area contributed by atoms with Crippen LogP contribution in [0.5, 0.6) is 5.75 Å². The topological polar surface area (TPSA) is 38.3 Å². The summed E-state index contributed by atoms with van der Waals surface area (Å²) in [5.74, 6) is 0.536. The molecule has 0 radical (unpaired) electrons. The Bertz CT molecular complexity index is 633. The number of hydrogen-bond acceptors (Lipinski definition) is 2. The van der Waals surface area contributed by atoms with Crippen molar-refractivity contribution >= 4 is 5.91 Å². The molecule has 0 bridgehead atoms. The van der Waals surface area contributed by atoms with E-state index in [0.717, 1.165) is 12.8 Å². The molecule has 1 aliphatic rings. The van der Waals surface area contributed by atoms with E-state index < -0.39 is 0 Å². The van der Waals surface area contributed by atoms with Crippen molar-refractivity contribution in [2.24, 2.45) is 0 Å². The fraction of sp³-hybridized carbons (Fsp3) is 0.278. The van der Waals surface area contributed by atoms with Crippen LogP contribution in [0.3, 0.4) is 0 Å². The van der Waals surface area contributed by atoms with Crippen LogP contribution in [0.15, 0.2) is 54.6 Å². The summed E-state index contributed by atoms with van der Waals surface area (Å²) in [6, 6.07) is 17.7. The standard InChI is InChI=1S/C18H19NO2/c1-21-16-10-6-5-9-15(16)17(20)19-13-18(11-12-18)14-7-3-2-4-8-14/h2-10H,11-13H2,1H3,(H,19,20). The van der Waals surface area contributed by atoms with Gasteiger partial charge in [-0.25, -0.2) is 0 Å². The summed E-state index contributed by atoms with van der Waals surface area (Å²) in [7, 11) is 1.58. The average molecular weight is 281 g/mol. The number of nitrogens with one attached hydrogen (secondary N) is 1. The number of methoxy groups -OCH3 is 1. The van der Waals surface area contributed by atoms with Crippen molar-refractivity contribution in [1.82, 2.24) is 5.32 Å². The number of carbonyl (C=O) groups excluding carboxylic acids is 1. The van der Waals surface area contributed by atoms with Gasteiger partial charge in [-0.3, -0.25) is 4.79 Å². The summed E-state index contributed by atoms with van der Waals surface area (Å²) in [5.41, 5.74) is 2.02. The van der Waals surface area contributed by atoms with Gasteiger partial charge < -0.3 is 10.1 Å². The van der Waals surface area contributed by atoms with E-state index in [0.29, 0.717) is 17.9 Å². The van der Waals surface area contributed by atoms with Crippen molar-refractivity contribution in [3.8, 4) is 5.75 Å². The van der Waals surface area contributed by atoms with Crippen LogP contribution in [0.4, 0.5) is 0 Å². The average Bonchev–Trinajstić information content (AvgIpc) is 3.34. The minimum absolute atomic E-state index is 0.0744. The van der Waals surface area contributed by atoms with Crippen molar-refractivity contribution in [3.05, 3.63) is 65.7 Å². The van der Waals surface area contributed by atoms with Crippen molar-refractivity contribution in [3.63, 3.8) is 0 Å². The Morgan fingerprint density at radius 3 is 2.43 bits per heavy atom. The van der Waals surface area contributed by atoms with E-state index in [2.05, 4.69) is 29.6 Å². The molecule has 1 aliphatic carbocycles. The third kappa shape index (κ3) is 2.77. The van der Waals surface area contributed by atoms with E-state index in [-0.39, 0.29) is 11.3 Å². The summed E-state index contributed by atoms with van der Waals surface area (Å²) in [6.07, 6.45) is 2.26. The molecule has 21 heavy (non-hydrogen) atoms. The number of para-hydroxylation sites is 1. The number of carbonyl (C=O) groups is 1. The highest BCUT2D eigenvalue weighted by Crippen LogP contribution is 2.47. The lowest BCUT2D eigenvalue weighted by Gasteiger charge is -2.17. The maximum Gasteiger partial charge on any atom is 0.255 e. The van der Waals surface area contributed by atoms with Crippen LogP contribution in [0, 0.1) is 0 Å². The molecule has 1 fully saturated rings. The Morgan fingerprint density at radius 1 is 1.10 bits per heavy atom. The van der Waals surface area contributed by atoms with Gasteiger partial charge in [0.2, 0.25) is 0 Å². The van der Waals surface area contributed by atoms with E-state index in [1.807, 2.05) is 18.2 Å². The summed E-state index contributed by atoms with van der Waals surface area (Å²) < 4.78 is 5.24. The number of benzene rings is 2. The molecule has 108 valence electrons. The van der Waals surface area contributed by atoms with Crippen LogP contribution in [0.25, 0.3) is 0 Å². The predicted octanol–water partition coefficient (Wildman–Crippen LogP) is 3.16. The minimum atomic E-state index is -0.0744. The molecule has 1 N–H and O–H groups in total. The van der Waals surface area contributed by atoms with E-state index in [9.17, 15) is 4.79 Å². The molecule has 0 saturated heterocycles. The van der Waals surface area contributed by atoms with Gasteiger partial charge in [0.1, 0.15) is 5.75 Å². The number of hydrogen-bond donors (Lipinski definition) is 1. The fourth-order valence-corrected chi connectivity index (χ4v) is 2.69. The molecule has 3 heteroatoms. The van der Waals surface area contributed by atoms with Gasteiger partial charge >= 0.3 is 0 Å². The van der Waals surface area contributed by atoms with E-state index in [1.54, 1.807) is 19.2 Å². The molecule has 0 heterocycles. The molecule has 0 spiro atoms. The molecule has 0 unspecified atom stereocenters. The molecule has 2 aromatic rings. The summed E-state index contributed by atoms with van der Waals surface area (Å²) in [6.45, 7) is 0.674. The van der Waals surface area contributed by atoms with Crippen LogP contribution < -0.4 is 10.1 Å². The Hall–Kier alpha value is -2.29. The lowest BCUT2D eigenvalue weighted by Crippen LogP contribution is -2.32. The maximum atomic E-state index is 12.3. The molecule has 1 saturated carbocycles. The monoisotopic (exact) mass is 281 g/mol. The highest BCUT2D eigenvalue weighted by atomic mass is 16.5. The van der Waals surface area contributed by atoms with E-state index in [4.69, 9.17) is 4.74 Å². The zero-order valence-corrected chi connectivity index (χ0v) is 12.1. The molecule has 0 atom stereocenters. The number of rotatable bonds is 5.